The summed E-state index contributed by atoms with van der Waals surface area (Å²) < 4.78 is 29.2. The third-order valence-corrected chi connectivity index (χ3v) is 3.69. The van der Waals surface area contributed by atoms with Crippen LogP contribution in [0.3, 0.4) is 0 Å². The van der Waals surface area contributed by atoms with Crippen LogP contribution in [0.2, 0.25) is 0 Å². The first-order valence-corrected chi connectivity index (χ1v) is 8.19. The molecule has 2 aromatic rings. The van der Waals surface area contributed by atoms with Gasteiger partial charge in [-0.15, -0.1) is 0 Å². The normalized spacial score (nSPS) is 11.8. The van der Waals surface area contributed by atoms with Gasteiger partial charge in [-0.05, 0) is 19.4 Å². The van der Waals surface area contributed by atoms with Gasteiger partial charge in [0.15, 0.2) is 0 Å². The molecule has 2 aromatic heterocycles. The number of aromatic nitrogens is 4. The number of nitrogens with zero attached hydrogens (tertiary/aromatic N) is 5. The van der Waals surface area contributed by atoms with Crippen molar-refractivity contribution < 1.29 is 8.78 Å². The highest BCUT2D eigenvalue weighted by Gasteiger charge is 2.27. The summed E-state index contributed by atoms with van der Waals surface area (Å²) in [7, 11) is 0. The van der Waals surface area contributed by atoms with Crippen LogP contribution in [0.1, 0.15) is 31.8 Å². The molecule has 2 heterocycles. The maximum atomic E-state index is 13.6. The van der Waals surface area contributed by atoms with Gasteiger partial charge in [-0.25, -0.2) is 15.0 Å². The van der Waals surface area contributed by atoms with Crippen LogP contribution in [0.15, 0.2) is 49.5 Å². The Morgan fingerprint density at radius 3 is 2.80 bits per heavy atom. The fourth-order valence-corrected chi connectivity index (χ4v) is 2.37. The second-order valence-electron chi connectivity index (χ2n) is 5.63. The van der Waals surface area contributed by atoms with Crippen LogP contribution in [0.5, 0.6) is 0 Å². The number of imidazole rings is 1. The van der Waals surface area contributed by atoms with Gasteiger partial charge >= 0.3 is 0 Å². The van der Waals surface area contributed by atoms with Gasteiger partial charge in [0, 0.05) is 38.6 Å². The van der Waals surface area contributed by atoms with Crippen molar-refractivity contribution in [2.45, 2.75) is 39.3 Å². The van der Waals surface area contributed by atoms with E-state index < -0.39 is 5.92 Å². The molecule has 7 heteroatoms. The van der Waals surface area contributed by atoms with Crippen LogP contribution in [0, 0.1) is 0 Å². The van der Waals surface area contributed by atoms with E-state index in [2.05, 4.69) is 21.5 Å². The van der Waals surface area contributed by atoms with Crippen molar-refractivity contribution in [3.63, 3.8) is 0 Å². The minimum atomic E-state index is -3.01. The first-order chi connectivity index (χ1) is 12.0. The fraction of sp³-hybridized carbons (Fsp3) is 0.389. The average Bonchev–Trinajstić information content (AvgIpc) is 3.04. The van der Waals surface area contributed by atoms with E-state index in [9.17, 15) is 8.78 Å². The minimum Gasteiger partial charge on any atom is -0.334 e. The van der Waals surface area contributed by atoms with Crippen molar-refractivity contribution in [1.29, 1.82) is 0 Å². The molecule has 0 fully saturated rings. The van der Waals surface area contributed by atoms with E-state index in [1.165, 1.54) is 12.3 Å². The molecule has 5 nitrogen and oxygen atoms in total. The molecule has 0 aromatic carbocycles. The fourth-order valence-electron chi connectivity index (χ4n) is 2.37. The molecule has 0 atom stereocenters. The van der Waals surface area contributed by atoms with E-state index in [0.717, 1.165) is 25.7 Å². The number of allylic oxidation sites excluding steroid dienone is 2. The van der Waals surface area contributed by atoms with Crippen molar-refractivity contribution in [2.24, 2.45) is 0 Å². The van der Waals surface area contributed by atoms with Gasteiger partial charge < -0.3 is 9.47 Å². The lowest BCUT2D eigenvalue weighted by Gasteiger charge is -2.23. The molecule has 2 rings (SSSR count). The summed E-state index contributed by atoms with van der Waals surface area (Å²) in [5.41, 5.74) is -0.289. The van der Waals surface area contributed by atoms with Gasteiger partial charge in [0.05, 0.1) is 6.54 Å². The van der Waals surface area contributed by atoms with Crippen LogP contribution in [-0.4, -0.2) is 26.1 Å². The van der Waals surface area contributed by atoms with Crippen LogP contribution >= 0.6 is 0 Å². The van der Waals surface area contributed by atoms with E-state index in [-0.39, 0.29) is 11.6 Å². The van der Waals surface area contributed by atoms with Gasteiger partial charge in [0.2, 0.25) is 5.95 Å². The Morgan fingerprint density at radius 1 is 1.32 bits per heavy atom. The zero-order valence-electron chi connectivity index (χ0n) is 14.6. The Hall–Kier alpha value is -2.57. The number of halogens is 2. The van der Waals surface area contributed by atoms with Crippen molar-refractivity contribution in [3.8, 4) is 0 Å². The summed E-state index contributed by atoms with van der Waals surface area (Å²) in [5.74, 6) is -1.89. The third-order valence-electron chi connectivity index (χ3n) is 3.69. The lowest BCUT2D eigenvalue weighted by molar-refractivity contribution is 0.0127. The smallest absolute Gasteiger partial charge is 0.287 e. The molecule has 0 bridgehead atoms. The van der Waals surface area contributed by atoms with Gasteiger partial charge in [-0.2, -0.15) is 8.78 Å². The second kappa shape index (κ2) is 8.50. The number of alkyl halides is 2. The minimum absolute atomic E-state index is 0.275. The van der Waals surface area contributed by atoms with E-state index >= 15 is 0 Å². The lowest BCUT2D eigenvalue weighted by atomic mass is 10.2. The first kappa shape index (κ1) is 18.8. The summed E-state index contributed by atoms with van der Waals surface area (Å²) >= 11 is 0. The maximum absolute atomic E-state index is 13.6. The topological polar surface area (TPSA) is 46.8 Å². The molecule has 0 saturated carbocycles. The number of hydrogen-bond acceptors (Lipinski definition) is 4. The molecular formula is C18H23F2N5. The monoisotopic (exact) mass is 347 g/mol. The third kappa shape index (κ3) is 5.20. The van der Waals surface area contributed by atoms with Crippen molar-refractivity contribution >= 4 is 5.95 Å². The molecule has 0 aliphatic heterocycles. The summed E-state index contributed by atoms with van der Waals surface area (Å²) in [6, 6.07) is 1.24. The average molecular weight is 347 g/mol. The molecule has 134 valence electrons. The van der Waals surface area contributed by atoms with Gasteiger partial charge in [-0.1, -0.05) is 24.8 Å². The van der Waals surface area contributed by atoms with Gasteiger partial charge in [0.1, 0.15) is 11.5 Å². The standard InChI is InChI=1S/C18H23F2N5/c1-4-6-7-8-12-25(14-16-21-11-13-24(16)5-2)17-22-10-9-15(23-17)18(3,19)20/h4,6-7,9-11,13H,1,5,8,12,14H2,2-3H3/b7-6+. The van der Waals surface area contributed by atoms with Crippen LogP contribution in [0.4, 0.5) is 14.7 Å². The molecular weight excluding hydrogens is 324 g/mol. The molecule has 0 unspecified atom stereocenters. The zero-order chi connectivity index (χ0) is 18.3. The molecule has 0 spiro atoms. The van der Waals surface area contributed by atoms with Crippen molar-refractivity contribution in [3.05, 3.63) is 61.0 Å². The molecule has 0 radical (unpaired) electrons. The van der Waals surface area contributed by atoms with E-state index in [1.54, 1.807) is 12.3 Å². The molecule has 0 N–H and O–H groups in total. The lowest BCUT2D eigenvalue weighted by Crippen LogP contribution is -2.28. The molecule has 0 aliphatic rings. The highest BCUT2D eigenvalue weighted by molar-refractivity contribution is 5.32. The Labute approximate surface area is 146 Å². The summed E-state index contributed by atoms with van der Waals surface area (Å²) in [6.45, 7) is 8.31. The summed E-state index contributed by atoms with van der Waals surface area (Å²) in [6.07, 6.45) is 11.2. The van der Waals surface area contributed by atoms with E-state index in [4.69, 9.17) is 0 Å². The number of aryl methyl sites for hydroxylation is 1. The molecule has 0 aliphatic carbocycles. The SMILES string of the molecule is C=C/C=C/CCN(Cc1nccn1CC)c1nccc(C(C)(F)F)n1. The van der Waals surface area contributed by atoms with Crippen LogP contribution in [0.25, 0.3) is 0 Å². The Bertz CT molecular complexity index is 718. The molecule has 0 saturated heterocycles. The van der Waals surface area contributed by atoms with Gasteiger partial charge in [-0.3, -0.25) is 0 Å². The molecule has 0 amide bonds. The predicted octanol–water partition coefficient (Wildman–Crippen LogP) is 3.94. The van der Waals surface area contributed by atoms with Crippen LogP contribution < -0.4 is 4.90 Å². The molecule has 25 heavy (non-hydrogen) atoms. The van der Waals surface area contributed by atoms with E-state index in [1.807, 2.05) is 34.7 Å². The highest BCUT2D eigenvalue weighted by Crippen LogP contribution is 2.26. The zero-order valence-corrected chi connectivity index (χ0v) is 14.6. The summed E-state index contributed by atoms with van der Waals surface area (Å²) in [4.78, 5) is 14.5. The van der Waals surface area contributed by atoms with E-state index in [0.29, 0.717) is 13.1 Å². The number of rotatable bonds is 9. The predicted molar refractivity (Wildman–Crippen MR) is 94.5 cm³/mol. The van der Waals surface area contributed by atoms with Crippen LogP contribution in [-0.2, 0) is 19.0 Å². The Kier molecular flexibility index (Phi) is 6.38. The van der Waals surface area contributed by atoms with Gasteiger partial charge in [0.25, 0.3) is 5.92 Å². The van der Waals surface area contributed by atoms with Crippen molar-refractivity contribution in [2.75, 3.05) is 11.4 Å². The highest BCUT2D eigenvalue weighted by atomic mass is 19.3. The Balaban J connectivity index is 2.27. The van der Waals surface area contributed by atoms with Crippen molar-refractivity contribution in [1.82, 2.24) is 19.5 Å². The Morgan fingerprint density at radius 2 is 2.12 bits per heavy atom. The quantitative estimate of drug-likeness (QED) is 0.645. The largest absolute Gasteiger partial charge is 0.334 e. The number of anilines is 1. The maximum Gasteiger partial charge on any atom is 0.287 e. The second-order valence-corrected chi connectivity index (χ2v) is 5.63. The number of hydrogen-bond donors (Lipinski definition) is 0. The summed E-state index contributed by atoms with van der Waals surface area (Å²) in [5, 5.41) is 0. The first-order valence-electron chi connectivity index (χ1n) is 8.19.